The van der Waals surface area contributed by atoms with Crippen molar-refractivity contribution < 1.29 is 4.89 Å². The fourth-order valence-electron chi connectivity index (χ4n) is 0.558. The molecule has 0 bridgehead atoms. The summed E-state index contributed by atoms with van der Waals surface area (Å²) in [5.74, 6) is 0. The third kappa shape index (κ3) is 1.94. The van der Waals surface area contributed by atoms with Crippen molar-refractivity contribution in [2.24, 2.45) is 0 Å². The number of halogens is 1. The molecule has 0 aliphatic rings. The van der Waals surface area contributed by atoms with Gasteiger partial charge in [0.25, 0.3) is 0 Å². The predicted octanol–water partition coefficient (Wildman–Crippen LogP) is 1.55. The molecule has 0 saturated heterocycles. The zero-order chi connectivity index (χ0) is 6.69. The zero-order valence-electron chi connectivity index (χ0n) is 4.63. The summed E-state index contributed by atoms with van der Waals surface area (Å²) >= 11 is 5.62. The van der Waals surface area contributed by atoms with Crippen LogP contribution in [0.15, 0.2) is 24.3 Å². The molecular formula is C6H6ClOP. The van der Waals surface area contributed by atoms with Gasteiger partial charge in [0.15, 0.2) is 0 Å². The van der Waals surface area contributed by atoms with Crippen molar-refractivity contribution >= 4 is 25.7 Å². The lowest BCUT2D eigenvalue weighted by atomic mass is 10.4. The van der Waals surface area contributed by atoms with Crippen molar-refractivity contribution in [1.82, 2.24) is 0 Å². The van der Waals surface area contributed by atoms with Crippen LogP contribution in [0.5, 0.6) is 0 Å². The summed E-state index contributed by atoms with van der Waals surface area (Å²) in [6.07, 6.45) is 0. The van der Waals surface area contributed by atoms with Gasteiger partial charge in [-0.1, -0.05) is 23.7 Å². The maximum Gasteiger partial charge on any atom is 0.0420 e. The summed E-state index contributed by atoms with van der Waals surface area (Å²) in [5.41, 5.74) is 0. The van der Waals surface area contributed by atoms with Crippen LogP contribution in [-0.4, -0.2) is 4.89 Å². The van der Waals surface area contributed by atoms with Gasteiger partial charge in [0, 0.05) is 19.1 Å². The highest BCUT2D eigenvalue weighted by Crippen LogP contribution is 2.09. The van der Waals surface area contributed by atoms with Crippen LogP contribution in [0.1, 0.15) is 0 Å². The molecule has 1 aromatic carbocycles. The maximum atomic E-state index is 8.63. The van der Waals surface area contributed by atoms with Crippen LogP contribution in [0.3, 0.4) is 0 Å². The highest BCUT2D eigenvalue weighted by Gasteiger charge is 1.88. The van der Waals surface area contributed by atoms with Gasteiger partial charge in [-0.2, -0.15) is 0 Å². The van der Waals surface area contributed by atoms with E-state index in [0.717, 1.165) is 5.30 Å². The van der Waals surface area contributed by atoms with Crippen LogP contribution >= 0.6 is 20.4 Å². The minimum atomic E-state index is -0.158. The molecule has 0 heterocycles. The largest absolute Gasteiger partial charge is 0.372 e. The summed E-state index contributed by atoms with van der Waals surface area (Å²) in [7, 11) is -0.158. The Hall–Kier alpha value is -0.100. The second kappa shape index (κ2) is 3.17. The molecule has 1 rings (SSSR count). The lowest BCUT2D eigenvalue weighted by molar-refractivity contribution is 0.655. The highest BCUT2D eigenvalue weighted by atomic mass is 35.5. The molecule has 0 fully saturated rings. The fraction of sp³-hybridized carbons (Fsp3) is 0. The van der Waals surface area contributed by atoms with E-state index in [-0.39, 0.29) is 8.81 Å². The number of hydrogen-bond acceptors (Lipinski definition) is 1. The Kier molecular flexibility index (Phi) is 2.47. The van der Waals surface area contributed by atoms with Crippen molar-refractivity contribution in [3.63, 3.8) is 0 Å². The number of benzene rings is 1. The van der Waals surface area contributed by atoms with E-state index < -0.39 is 0 Å². The van der Waals surface area contributed by atoms with Crippen molar-refractivity contribution in [1.29, 1.82) is 0 Å². The topological polar surface area (TPSA) is 20.2 Å². The molecule has 48 valence electrons. The van der Waals surface area contributed by atoms with Gasteiger partial charge in [-0.15, -0.1) is 0 Å². The van der Waals surface area contributed by atoms with Gasteiger partial charge in [-0.05, 0) is 12.1 Å². The lowest BCUT2D eigenvalue weighted by Gasteiger charge is -1.92. The normalized spacial score (nSPS) is 10.9. The quantitative estimate of drug-likeness (QED) is 0.618. The van der Waals surface area contributed by atoms with Gasteiger partial charge >= 0.3 is 0 Å². The van der Waals surface area contributed by atoms with E-state index in [2.05, 4.69) is 0 Å². The molecule has 0 radical (unpaired) electrons. The van der Waals surface area contributed by atoms with Crippen LogP contribution in [-0.2, 0) is 0 Å². The standard InChI is InChI=1S/C6H6ClOP/c7-5-2-1-3-6(4-5)9-8/h1-4,8-9H. The average molecular weight is 161 g/mol. The van der Waals surface area contributed by atoms with Gasteiger partial charge in [-0.25, -0.2) is 0 Å². The third-order valence-electron chi connectivity index (χ3n) is 0.954. The first kappa shape index (κ1) is 7.01. The molecular weight excluding hydrogens is 154 g/mol. The predicted molar refractivity (Wildman–Crippen MR) is 41.6 cm³/mol. The molecule has 3 heteroatoms. The smallest absolute Gasteiger partial charge is 0.0420 e. The Bertz CT molecular complexity index is 202. The summed E-state index contributed by atoms with van der Waals surface area (Å²) in [4.78, 5) is 8.63. The number of hydrogen-bond donors (Lipinski definition) is 1. The van der Waals surface area contributed by atoms with E-state index in [1.165, 1.54) is 0 Å². The van der Waals surface area contributed by atoms with Crippen LogP contribution < -0.4 is 5.30 Å². The van der Waals surface area contributed by atoms with Crippen molar-refractivity contribution in [2.45, 2.75) is 0 Å². The Morgan fingerprint density at radius 2 is 2.22 bits per heavy atom. The molecule has 0 amide bonds. The number of rotatable bonds is 1. The Labute approximate surface area is 60.5 Å². The molecule has 0 aliphatic heterocycles. The maximum absolute atomic E-state index is 8.63. The zero-order valence-corrected chi connectivity index (χ0v) is 6.39. The molecule has 1 unspecified atom stereocenters. The fourth-order valence-corrected chi connectivity index (χ4v) is 1.23. The summed E-state index contributed by atoms with van der Waals surface area (Å²) in [5, 5.41) is 1.55. The molecule has 1 nitrogen and oxygen atoms in total. The van der Waals surface area contributed by atoms with Gasteiger partial charge in [0.05, 0.1) is 0 Å². The van der Waals surface area contributed by atoms with Gasteiger partial charge in [-0.3, -0.25) is 0 Å². The molecule has 0 aliphatic carbocycles. The highest BCUT2D eigenvalue weighted by molar-refractivity contribution is 7.40. The Morgan fingerprint density at radius 3 is 2.67 bits per heavy atom. The first-order valence-corrected chi connectivity index (χ1v) is 3.81. The SMILES string of the molecule is OPc1cccc(Cl)c1. The molecule has 0 saturated carbocycles. The first-order valence-electron chi connectivity index (χ1n) is 2.48. The first-order chi connectivity index (χ1) is 4.33. The minimum Gasteiger partial charge on any atom is -0.372 e. The molecule has 0 aromatic heterocycles. The van der Waals surface area contributed by atoms with E-state index in [9.17, 15) is 0 Å². The lowest BCUT2D eigenvalue weighted by Crippen LogP contribution is -1.89. The minimum absolute atomic E-state index is 0.158. The molecule has 0 spiro atoms. The summed E-state index contributed by atoms with van der Waals surface area (Å²) < 4.78 is 0. The van der Waals surface area contributed by atoms with Crippen LogP contribution in [0.2, 0.25) is 5.02 Å². The summed E-state index contributed by atoms with van der Waals surface area (Å²) in [6, 6.07) is 7.19. The Morgan fingerprint density at radius 1 is 1.44 bits per heavy atom. The monoisotopic (exact) mass is 160 g/mol. The van der Waals surface area contributed by atoms with Crippen LogP contribution in [0.4, 0.5) is 0 Å². The molecule has 1 atom stereocenters. The van der Waals surface area contributed by atoms with E-state index in [1.807, 2.05) is 12.1 Å². The van der Waals surface area contributed by atoms with Crippen LogP contribution in [0.25, 0.3) is 0 Å². The third-order valence-corrected chi connectivity index (χ3v) is 1.76. The summed E-state index contributed by atoms with van der Waals surface area (Å²) in [6.45, 7) is 0. The molecule has 9 heavy (non-hydrogen) atoms. The van der Waals surface area contributed by atoms with E-state index in [0.29, 0.717) is 5.02 Å². The van der Waals surface area contributed by atoms with Crippen molar-refractivity contribution in [2.75, 3.05) is 0 Å². The van der Waals surface area contributed by atoms with Crippen molar-refractivity contribution in [3.8, 4) is 0 Å². The van der Waals surface area contributed by atoms with Gasteiger partial charge in [0.2, 0.25) is 0 Å². The molecule has 1 aromatic rings. The van der Waals surface area contributed by atoms with E-state index in [4.69, 9.17) is 16.5 Å². The van der Waals surface area contributed by atoms with Gasteiger partial charge in [0.1, 0.15) is 0 Å². The average Bonchev–Trinajstić information content (AvgIpc) is 1.88. The second-order valence-electron chi connectivity index (χ2n) is 1.62. The van der Waals surface area contributed by atoms with Crippen LogP contribution in [0, 0.1) is 0 Å². The Balaban J connectivity index is 2.94. The van der Waals surface area contributed by atoms with Crippen molar-refractivity contribution in [3.05, 3.63) is 29.3 Å². The van der Waals surface area contributed by atoms with E-state index >= 15 is 0 Å². The second-order valence-corrected chi connectivity index (χ2v) is 2.86. The molecule has 1 N–H and O–H groups in total. The van der Waals surface area contributed by atoms with E-state index in [1.54, 1.807) is 12.1 Å². The van der Waals surface area contributed by atoms with Gasteiger partial charge < -0.3 is 4.89 Å².